The number of rotatable bonds is 13. The molecule has 0 aromatic heterocycles. The molecule has 1 aromatic carbocycles. The predicted molar refractivity (Wildman–Crippen MR) is 143 cm³/mol. The summed E-state index contributed by atoms with van der Waals surface area (Å²) >= 11 is 0. The van der Waals surface area contributed by atoms with Crippen molar-refractivity contribution in [1.82, 2.24) is 0 Å². The van der Waals surface area contributed by atoms with Crippen molar-refractivity contribution in [2.45, 2.75) is 103 Å². The molecule has 1 aromatic rings. The third-order valence-corrected chi connectivity index (χ3v) is 8.41. The highest BCUT2D eigenvalue weighted by Crippen LogP contribution is 2.45. The van der Waals surface area contributed by atoms with Crippen LogP contribution in [-0.4, -0.2) is 30.9 Å². The Labute approximate surface area is 213 Å². The quantitative estimate of drug-likeness (QED) is 0.180. The number of aliphatic hydroxyl groups excluding tert-OH is 1. The zero-order chi connectivity index (χ0) is 25.0. The average Bonchev–Trinajstić information content (AvgIpc) is 2.88. The van der Waals surface area contributed by atoms with Crippen LogP contribution in [0.25, 0.3) is 0 Å². The zero-order valence-electron chi connectivity index (χ0n) is 22.2. The average molecular weight is 485 g/mol. The molecular formula is C31H48O4. The molecule has 3 rings (SSSR count). The van der Waals surface area contributed by atoms with Gasteiger partial charge in [-0.05, 0) is 92.4 Å². The largest absolute Gasteiger partial charge is 0.491 e. The van der Waals surface area contributed by atoms with E-state index in [0.29, 0.717) is 24.5 Å². The molecule has 0 bridgehead atoms. The molecule has 4 heteroatoms. The van der Waals surface area contributed by atoms with E-state index >= 15 is 0 Å². The Balaban J connectivity index is 1.54. The second kappa shape index (κ2) is 14.7. The van der Waals surface area contributed by atoms with E-state index in [1.165, 1.54) is 88.2 Å². The Morgan fingerprint density at radius 3 is 2.31 bits per heavy atom. The highest BCUT2D eigenvalue weighted by Gasteiger charge is 2.31. The van der Waals surface area contributed by atoms with Crippen LogP contribution in [-0.2, 0) is 16.0 Å². The Kier molecular flexibility index (Phi) is 11.6. The van der Waals surface area contributed by atoms with Crippen molar-refractivity contribution in [2.24, 2.45) is 17.8 Å². The van der Waals surface area contributed by atoms with Crippen LogP contribution in [0.15, 0.2) is 30.4 Å². The summed E-state index contributed by atoms with van der Waals surface area (Å²) in [5, 5.41) is 9.11. The zero-order valence-corrected chi connectivity index (χ0v) is 22.2. The minimum absolute atomic E-state index is 0.00201. The molecule has 0 amide bonds. The summed E-state index contributed by atoms with van der Waals surface area (Å²) < 4.78 is 11.1. The molecule has 2 aliphatic carbocycles. The fourth-order valence-electron chi connectivity index (χ4n) is 6.36. The topological polar surface area (TPSA) is 55.8 Å². The SMILES string of the molecule is C=C(C)C(=O)OCCc1cc(OCCO)ccc1C1CCC(C2CCC(CCCCC)CC2)CC1. The van der Waals surface area contributed by atoms with E-state index in [4.69, 9.17) is 14.6 Å². The van der Waals surface area contributed by atoms with Crippen molar-refractivity contribution < 1.29 is 19.4 Å². The monoisotopic (exact) mass is 484 g/mol. The van der Waals surface area contributed by atoms with Crippen molar-refractivity contribution in [3.63, 3.8) is 0 Å². The Morgan fingerprint density at radius 2 is 1.69 bits per heavy atom. The molecule has 2 fully saturated rings. The van der Waals surface area contributed by atoms with Gasteiger partial charge in [0, 0.05) is 12.0 Å². The van der Waals surface area contributed by atoms with E-state index in [2.05, 4.69) is 25.6 Å². The lowest BCUT2D eigenvalue weighted by molar-refractivity contribution is -0.138. The first-order valence-corrected chi connectivity index (χ1v) is 14.2. The molecule has 196 valence electrons. The summed E-state index contributed by atoms with van der Waals surface area (Å²) in [6, 6.07) is 6.31. The smallest absolute Gasteiger partial charge is 0.333 e. The number of carbonyl (C=O) groups is 1. The third kappa shape index (κ3) is 8.66. The standard InChI is InChI=1S/C31H48O4/c1-4-5-6-7-24-8-10-25(11-9-24)26-12-14-27(15-13-26)30-17-16-29(34-21-19-32)22-28(30)18-20-35-31(33)23(2)3/h16-17,22,24-27,32H,2,4-15,18-21H2,1,3H3. The summed E-state index contributed by atoms with van der Waals surface area (Å²) in [4.78, 5) is 11.8. The van der Waals surface area contributed by atoms with Gasteiger partial charge in [-0.15, -0.1) is 0 Å². The summed E-state index contributed by atoms with van der Waals surface area (Å²) in [6.45, 7) is 8.27. The van der Waals surface area contributed by atoms with Gasteiger partial charge in [-0.1, -0.05) is 58.1 Å². The minimum Gasteiger partial charge on any atom is -0.491 e. The van der Waals surface area contributed by atoms with Crippen LogP contribution >= 0.6 is 0 Å². The predicted octanol–water partition coefficient (Wildman–Crippen LogP) is 7.38. The van der Waals surface area contributed by atoms with E-state index in [9.17, 15) is 4.79 Å². The summed E-state index contributed by atoms with van der Waals surface area (Å²) in [6.07, 6.45) is 17.3. The molecule has 0 saturated heterocycles. The van der Waals surface area contributed by atoms with Crippen molar-refractivity contribution >= 4 is 5.97 Å². The fourth-order valence-corrected chi connectivity index (χ4v) is 6.36. The number of hydrogen-bond acceptors (Lipinski definition) is 4. The first-order chi connectivity index (χ1) is 17.0. The minimum atomic E-state index is -0.333. The molecule has 35 heavy (non-hydrogen) atoms. The van der Waals surface area contributed by atoms with Gasteiger partial charge in [0.1, 0.15) is 12.4 Å². The molecular weight excluding hydrogens is 436 g/mol. The van der Waals surface area contributed by atoms with E-state index in [0.717, 1.165) is 23.5 Å². The molecule has 0 spiro atoms. The van der Waals surface area contributed by atoms with Crippen LogP contribution < -0.4 is 4.74 Å². The molecule has 1 N–H and O–H groups in total. The molecule has 0 aliphatic heterocycles. The first-order valence-electron chi connectivity index (χ1n) is 14.2. The Hall–Kier alpha value is -1.81. The van der Waals surface area contributed by atoms with Crippen LogP contribution in [0, 0.1) is 17.8 Å². The van der Waals surface area contributed by atoms with Gasteiger partial charge in [0.25, 0.3) is 0 Å². The van der Waals surface area contributed by atoms with Crippen LogP contribution in [0.3, 0.4) is 0 Å². The molecule has 0 radical (unpaired) electrons. The van der Waals surface area contributed by atoms with Gasteiger partial charge in [-0.2, -0.15) is 0 Å². The molecule has 2 saturated carbocycles. The normalized spacial score (nSPS) is 24.7. The van der Waals surface area contributed by atoms with Gasteiger partial charge in [-0.25, -0.2) is 4.79 Å². The lowest BCUT2D eigenvalue weighted by atomic mass is 9.67. The Morgan fingerprint density at radius 1 is 1.00 bits per heavy atom. The summed E-state index contributed by atoms with van der Waals surface area (Å²) in [5.41, 5.74) is 3.01. The molecule has 0 heterocycles. The van der Waals surface area contributed by atoms with Gasteiger partial charge < -0.3 is 14.6 Å². The molecule has 0 atom stereocenters. The molecule has 0 unspecified atom stereocenters. The lowest BCUT2D eigenvalue weighted by Crippen LogP contribution is -2.25. The maximum atomic E-state index is 11.8. The summed E-state index contributed by atoms with van der Waals surface area (Å²) in [7, 11) is 0. The highest BCUT2D eigenvalue weighted by atomic mass is 16.5. The second-order valence-electron chi connectivity index (χ2n) is 11.0. The van der Waals surface area contributed by atoms with Crippen LogP contribution in [0.2, 0.25) is 0 Å². The second-order valence-corrected chi connectivity index (χ2v) is 11.0. The van der Waals surface area contributed by atoms with E-state index in [1.54, 1.807) is 6.92 Å². The molecule has 4 nitrogen and oxygen atoms in total. The van der Waals surface area contributed by atoms with E-state index in [-0.39, 0.29) is 19.2 Å². The van der Waals surface area contributed by atoms with E-state index < -0.39 is 0 Å². The van der Waals surface area contributed by atoms with Gasteiger partial charge in [0.15, 0.2) is 0 Å². The number of hydrogen-bond donors (Lipinski definition) is 1. The number of unbranched alkanes of at least 4 members (excludes halogenated alkanes) is 2. The van der Waals surface area contributed by atoms with Crippen LogP contribution in [0.1, 0.15) is 108 Å². The van der Waals surface area contributed by atoms with Crippen LogP contribution in [0.4, 0.5) is 0 Å². The van der Waals surface area contributed by atoms with Gasteiger partial charge in [-0.3, -0.25) is 0 Å². The third-order valence-electron chi connectivity index (χ3n) is 8.41. The Bertz CT molecular complexity index is 785. The van der Waals surface area contributed by atoms with Gasteiger partial charge in [0.2, 0.25) is 0 Å². The van der Waals surface area contributed by atoms with Crippen molar-refractivity contribution in [1.29, 1.82) is 0 Å². The number of carbonyl (C=O) groups excluding carboxylic acids is 1. The van der Waals surface area contributed by atoms with Crippen molar-refractivity contribution in [2.75, 3.05) is 19.8 Å². The summed E-state index contributed by atoms with van der Waals surface area (Å²) in [5.74, 6) is 3.83. The van der Waals surface area contributed by atoms with Gasteiger partial charge >= 0.3 is 5.97 Å². The van der Waals surface area contributed by atoms with Gasteiger partial charge in [0.05, 0.1) is 13.2 Å². The van der Waals surface area contributed by atoms with E-state index in [1.807, 2.05) is 6.07 Å². The number of aliphatic hydroxyl groups is 1. The maximum absolute atomic E-state index is 11.8. The van der Waals surface area contributed by atoms with Crippen molar-refractivity contribution in [3.05, 3.63) is 41.5 Å². The number of ether oxygens (including phenoxy) is 2. The fraction of sp³-hybridized carbons (Fsp3) is 0.710. The number of benzene rings is 1. The highest BCUT2D eigenvalue weighted by molar-refractivity contribution is 5.86. The first kappa shape index (κ1) is 27.8. The van der Waals surface area contributed by atoms with Crippen molar-refractivity contribution in [3.8, 4) is 5.75 Å². The van der Waals surface area contributed by atoms with Crippen LogP contribution in [0.5, 0.6) is 5.75 Å². The number of esters is 1. The maximum Gasteiger partial charge on any atom is 0.333 e. The lowest BCUT2D eigenvalue weighted by Gasteiger charge is -2.38. The molecule has 2 aliphatic rings.